The van der Waals surface area contributed by atoms with E-state index in [2.05, 4.69) is 10.2 Å². The van der Waals surface area contributed by atoms with Gasteiger partial charge >= 0.3 is 0 Å². The van der Waals surface area contributed by atoms with Gasteiger partial charge in [0.1, 0.15) is 5.75 Å². The molecule has 2 heterocycles. The molecule has 10 heteroatoms. The molecule has 0 bridgehead atoms. The molecular weight excluding hydrogens is 414 g/mol. The largest absolute Gasteiger partial charge is 0.497 e. The van der Waals surface area contributed by atoms with Crippen LogP contribution >= 0.6 is 11.8 Å². The lowest BCUT2D eigenvalue weighted by Gasteiger charge is -2.28. The average Bonchev–Trinajstić information content (AvgIpc) is 3.28. The highest BCUT2D eigenvalue weighted by Gasteiger charge is 2.35. The molecule has 2 unspecified atom stereocenters. The van der Waals surface area contributed by atoms with Crippen LogP contribution in [0, 0.1) is 0 Å². The fourth-order valence-electron chi connectivity index (χ4n) is 3.33. The zero-order valence-corrected chi connectivity index (χ0v) is 18.3. The molecule has 0 N–H and O–H groups in total. The number of nitrogens with zero attached hydrogens (tertiary/aromatic N) is 3. The Balaban J connectivity index is 1.59. The normalized spacial score (nSPS) is 19.1. The van der Waals surface area contributed by atoms with Gasteiger partial charge in [-0.05, 0) is 38.0 Å². The van der Waals surface area contributed by atoms with Gasteiger partial charge in [0.15, 0.2) is 9.84 Å². The number of carbonyl (C=O) groups is 1. The summed E-state index contributed by atoms with van der Waals surface area (Å²) in [7, 11) is -1.43. The molecule has 1 amide bonds. The molecule has 2 atom stereocenters. The number of aromatic nitrogens is 2. The van der Waals surface area contributed by atoms with Gasteiger partial charge in [-0.15, -0.1) is 10.2 Å². The summed E-state index contributed by atoms with van der Waals surface area (Å²) >= 11 is 1.19. The summed E-state index contributed by atoms with van der Waals surface area (Å²) in [6.45, 7) is 4.10. The number of methoxy groups -OCH3 is 1. The molecule has 1 aliphatic rings. The van der Waals surface area contributed by atoms with E-state index in [0.29, 0.717) is 30.5 Å². The van der Waals surface area contributed by atoms with E-state index in [9.17, 15) is 13.2 Å². The zero-order chi connectivity index (χ0) is 21.0. The summed E-state index contributed by atoms with van der Waals surface area (Å²) in [5.74, 6) is 1.30. The molecule has 0 radical (unpaired) electrons. The van der Waals surface area contributed by atoms with Crippen molar-refractivity contribution in [2.45, 2.75) is 43.2 Å². The maximum Gasteiger partial charge on any atom is 0.277 e. The summed E-state index contributed by atoms with van der Waals surface area (Å²) in [5.41, 5.74) is 1.01. The molecule has 0 spiro atoms. The van der Waals surface area contributed by atoms with E-state index in [-0.39, 0.29) is 23.5 Å². The summed E-state index contributed by atoms with van der Waals surface area (Å²) in [6, 6.07) is 7.33. The van der Waals surface area contributed by atoms with E-state index < -0.39 is 15.1 Å². The first-order valence-corrected chi connectivity index (χ1v) is 12.1. The molecular formula is C19H25N3O5S2. The van der Waals surface area contributed by atoms with Crippen LogP contribution in [0.25, 0.3) is 0 Å². The van der Waals surface area contributed by atoms with Gasteiger partial charge in [-0.25, -0.2) is 8.42 Å². The predicted molar refractivity (Wildman–Crippen MR) is 110 cm³/mol. The van der Waals surface area contributed by atoms with Crippen molar-refractivity contribution in [3.05, 3.63) is 35.7 Å². The number of benzene rings is 1. The molecule has 29 heavy (non-hydrogen) atoms. The van der Waals surface area contributed by atoms with Crippen molar-refractivity contribution in [2.75, 3.05) is 25.2 Å². The van der Waals surface area contributed by atoms with Crippen LogP contribution in [0.2, 0.25) is 0 Å². The van der Waals surface area contributed by atoms with Crippen molar-refractivity contribution in [1.29, 1.82) is 0 Å². The summed E-state index contributed by atoms with van der Waals surface area (Å²) in [6.07, 6.45) is 0.979. The maximum atomic E-state index is 12.8. The summed E-state index contributed by atoms with van der Waals surface area (Å²) in [4.78, 5) is 14.5. The van der Waals surface area contributed by atoms with Crippen molar-refractivity contribution >= 4 is 27.5 Å². The van der Waals surface area contributed by atoms with Gasteiger partial charge in [0.25, 0.3) is 5.22 Å². The topological polar surface area (TPSA) is 103 Å². The Morgan fingerprint density at radius 1 is 1.34 bits per heavy atom. The van der Waals surface area contributed by atoms with Crippen LogP contribution < -0.4 is 4.74 Å². The average molecular weight is 440 g/mol. The first kappa shape index (κ1) is 21.6. The smallest absolute Gasteiger partial charge is 0.277 e. The number of thioether (sulfide) groups is 1. The van der Waals surface area contributed by atoms with E-state index in [0.717, 1.165) is 11.3 Å². The van der Waals surface area contributed by atoms with Crippen LogP contribution in [-0.2, 0) is 21.1 Å². The molecule has 8 nitrogen and oxygen atoms in total. The van der Waals surface area contributed by atoms with Gasteiger partial charge in [0, 0.05) is 12.6 Å². The lowest BCUT2D eigenvalue weighted by Crippen LogP contribution is -2.44. The van der Waals surface area contributed by atoms with E-state index in [1.54, 1.807) is 18.9 Å². The fourth-order valence-corrected chi connectivity index (χ4v) is 5.83. The van der Waals surface area contributed by atoms with Crippen molar-refractivity contribution in [2.24, 2.45) is 0 Å². The highest BCUT2D eigenvalue weighted by atomic mass is 32.2. The Morgan fingerprint density at radius 3 is 2.66 bits per heavy atom. The molecule has 1 fully saturated rings. The van der Waals surface area contributed by atoms with Crippen LogP contribution in [0.5, 0.6) is 5.75 Å². The van der Waals surface area contributed by atoms with Crippen molar-refractivity contribution in [3.8, 4) is 5.75 Å². The molecule has 1 saturated heterocycles. The minimum Gasteiger partial charge on any atom is -0.497 e. The van der Waals surface area contributed by atoms with Gasteiger partial charge in [-0.3, -0.25) is 4.79 Å². The Labute approximate surface area is 174 Å². The number of hydrogen-bond acceptors (Lipinski definition) is 8. The maximum absolute atomic E-state index is 12.8. The Morgan fingerprint density at radius 2 is 2.07 bits per heavy atom. The SMILES string of the molecule is CCN(C(=O)C(C)Sc1nnc(Cc2ccc(OC)cc2)o1)C1CCS(=O)(=O)C1. The first-order valence-electron chi connectivity index (χ1n) is 9.44. The molecule has 1 aromatic carbocycles. The Kier molecular flexibility index (Phi) is 6.84. The fraction of sp³-hybridized carbons (Fsp3) is 0.526. The number of hydrogen-bond donors (Lipinski definition) is 0. The van der Waals surface area contributed by atoms with Gasteiger partial charge < -0.3 is 14.1 Å². The predicted octanol–water partition coefficient (Wildman–Crippen LogP) is 2.19. The third kappa shape index (κ3) is 5.51. The second kappa shape index (κ2) is 9.17. The second-order valence-electron chi connectivity index (χ2n) is 6.93. The van der Waals surface area contributed by atoms with Crippen LogP contribution in [-0.4, -0.2) is 65.9 Å². The van der Waals surface area contributed by atoms with Gasteiger partial charge in [-0.2, -0.15) is 0 Å². The van der Waals surface area contributed by atoms with E-state index in [4.69, 9.17) is 9.15 Å². The molecule has 1 aliphatic heterocycles. The lowest BCUT2D eigenvalue weighted by atomic mass is 10.1. The number of amides is 1. The molecule has 2 aromatic rings. The van der Waals surface area contributed by atoms with Gasteiger partial charge in [0.2, 0.25) is 11.8 Å². The second-order valence-corrected chi connectivity index (χ2v) is 10.4. The molecule has 0 saturated carbocycles. The molecule has 1 aromatic heterocycles. The lowest BCUT2D eigenvalue weighted by molar-refractivity contribution is -0.131. The molecule has 0 aliphatic carbocycles. The number of sulfone groups is 1. The Hall–Kier alpha value is -2.07. The number of rotatable bonds is 8. The standard InChI is InChI=1S/C19H25N3O5S2/c1-4-22(15-9-10-29(24,25)12-15)18(23)13(2)28-19-21-20-17(27-19)11-14-5-7-16(26-3)8-6-14/h5-8,13,15H,4,9-12H2,1-3H3. The van der Waals surface area contributed by atoms with Gasteiger partial charge in [-0.1, -0.05) is 23.9 Å². The first-order chi connectivity index (χ1) is 13.8. The third-order valence-corrected chi connectivity index (χ3v) is 7.53. The summed E-state index contributed by atoms with van der Waals surface area (Å²) in [5, 5.41) is 7.96. The van der Waals surface area contributed by atoms with Crippen LogP contribution in [0.4, 0.5) is 0 Å². The van der Waals surface area contributed by atoms with Crippen molar-refractivity contribution < 1.29 is 22.4 Å². The van der Waals surface area contributed by atoms with Crippen molar-refractivity contribution in [3.63, 3.8) is 0 Å². The minimum atomic E-state index is -3.05. The van der Waals surface area contributed by atoms with Crippen molar-refractivity contribution in [1.82, 2.24) is 15.1 Å². The van der Waals surface area contributed by atoms with Gasteiger partial charge in [0.05, 0.1) is 30.3 Å². The minimum absolute atomic E-state index is 0.0382. The molecule has 158 valence electrons. The Bertz CT molecular complexity index is 943. The van der Waals surface area contributed by atoms with Crippen LogP contribution in [0.1, 0.15) is 31.7 Å². The monoisotopic (exact) mass is 439 g/mol. The summed E-state index contributed by atoms with van der Waals surface area (Å²) < 4.78 is 34.3. The van der Waals surface area contributed by atoms with E-state index >= 15 is 0 Å². The zero-order valence-electron chi connectivity index (χ0n) is 16.7. The van der Waals surface area contributed by atoms with Crippen LogP contribution in [0.3, 0.4) is 0 Å². The van der Waals surface area contributed by atoms with E-state index in [1.165, 1.54) is 11.8 Å². The number of carbonyl (C=O) groups excluding carboxylic acids is 1. The van der Waals surface area contributed by atoms with E-state index in [1.807, 2.05) is 31.2 Å². The quantitative estimate of drug-likeness (QED) is 0.577. The highest BCUT2D eigenvalue weighted by molar-refractivity contribution is 8.00. The molecule has 3 rings (SSSR count). The number of ether oxygens (including phenoxy) is 1. The van der Waals surface area contributed by atoms with Crippen LogP contribution in [0.15, 0.2) is 33.9 Å². The third-order valence-electron chi connectivity index (χ3n) is 4.86. The highest BCUT2D eigenvalue weighted by Crippen LogP contribution is 2.26.